The van der Waals surface area contributed by atoms with Gasteiger partial charge in [0.15, 0.2) is 29.5 Å². The normalized spacial score (nSPS) is 12.6. The third-order valence-electron chi connectivity index (χ3n) is 15.6. The highest BCUT2D eigenvalue weighted by atomic mass is 32.2. The van der Waals surface area contributed by atoms with Crippen LogP contribution in [0.2, 0.25) is 0 Å². The maximum atomic E-state index is 13.9. The number of alkyl halides is 9. The zero-order valence-electron chi connectivity index (χ0n) is 56.4. The number of halogens is 9. The number of para-hydroxylation sites is 3. The number of hydrogen-bond acceptors (Lipinski definition) is 16. The van der Waals surface area contributed by atoms with E-state index in [1.54, 1.807) is 104 Å². The predicted octanol–water partition coefficient (Wildman–Crippen LogP) is 19.8. The Bertz CT molecular complexity index is 5530. The minimum atomic E-state index is -4.60. The maximum absolute atomic E-state index is 13.9. The molecular formula is C73H63F9N6O9S7. The van der Waals surface area contributed by atoms with Crippen LogP contribution in [-0.2, 0) is 67.6 Å². The van der Waals surface area contributed by atoms with Crippen LogP contribution in [0.4, 0.5) is 39.5 Å². The largest absolute Gasteiger partial charge is 0.418 e. The Kier molecular flexibility index (Phi) is 22.5. The van der Waals surface area contributed by atoms with E-state index in [0.717, 1.165) is 63.6 Å². The van der Waals surface area contributed by atoms with E-state index >= 15 is 0 Å². The highest BCUT2D eigenvalue weighted by Crippen LogP contribution is 2.46. The lowest BCUT2D eigenvalue weighted by Crippen LogP contribution is -2.17. The molecule has 0 aliphatic heterocycles. The molecule has 0 bridgehead atoms. The van der Waals surface area contributed by atoms with Gasteiger partial charge in [0.1, 0.15) is 5.60 Å². The fraction of sp³-hybridized carbons (Fsp3) is 0.192. The van der Waals surface area contributed by atoms with Gasteiger partial charge in [0.25, 0.3) is 0 Å². The third-order valence-corrected chi connectivity index (χ3v) is 23.3. The van der Waals surface area contributed by atoms with Crippen molar-refractivity contribution in [3.8, 4) is 80.1 Å². The summed E-state index contributed by atoms with van der Waals surface area (Å²) in [5.41, 5.74) is 0.994. The van der Waals surface area contributed by atoms with E-state index in [-0.39, 0.29) is 37.4 Å². The van der Waals surface area contributed by atoms with Gasteiger partial charge in [-0.25, -0.2) is 44.2 Å². The van der Waals surface area contributed by atoms with Crippen molar-refractivity contribution < 1.29 is 79.1 Å². The second kappa shape index (κ2) is 30.0. The fourth-order valence-corrected chi connectivity index (χ4v) is 15.8. The van der Waals surface area contributed by atoms with Crippen molar-refractivity contribution >= 4 is 81.1 Å². The first-order valence-corrected chi connectivity index (χ1v) is 39.7. The number of hydrogen-bond donors (Lipinski definition) is 1. The molecule has 0 saturated heterocycles. The molecule has 6 heterocycles. The average Bonchev–Trinajstić information content (AvgIpc) is 1.58. The van der Waals surface area contributed by atoms with Crippen molar-refractivity contribution in [1.82, 2.24) is 29.3 Å². The van der Waals surface area contributed by atoms with Crippen LogP contribution in [0.25, 0.3) is 85.7 Å². The molecule has 31 heteroatoms. The first-order chi connectivity index (χ1) is 48.5. The molecule has 15 nitrogen and oxygen atoms in total. The van der Waals surface area contributed by atoms with Crippen molar-refractivity contribution in [1.29, 1.82) is 0 Å². The summed E-state index contributed by atoms with van der Waals surface area (Å²) < 4.78 is 204. The van der Waals surface area contributed by atoms with Crippen LogP contribution in [0, 0.1) is 0 Å². The number of aliphatic hydroxyl groups is 1. The van der Waals surface area contributed by atoms with Gasteiger partial charge in [-0.05, 0) is 184 Å². The minimum Gasteiger partial charge on any atom is -0.384 e. The van der Waals surface area contributed by atoms with E-state index in [9.17, 15) is 69.9 Å². The van der Waals surface area contributed by atoms with Gasteiger partial charge >= 0.3 is 18.5 Å². The summed E-state index contributed by atoms with van der Waals surface area (Å²) >= 11 is 4.93. The van der Waals surface area contributed by atoms with Crippen LogP contribution in [0.15, 0.2) is 221 Å². The van der Waals surface area contributed by atoms with E-state index < -0.39 is 75.1 Å². The van der Waals surface area contributed by atoms with Gasteiger partial charge in [-0.2, -0.15) is 59.1 Å². The van der Waals surface area contributed by atoms with Crippen molar-refractivity contribution in [2.75, 3.05) is 25.9 Å². The second-order valence-corrected chi connectivity index (χ2v) is 35.2. The van der Waals surface area contributed by atoms with Crippen molar-refractivity contribution in [2.45, 2.75) is 78.2 Å². The van der Waals surface area contributed by atoms with Crippen LogP contribution in [0.3, 0.4) is 0 Å². The summed E-state index contributed by atoms with van der Waals surface area (Å²) in [6.45, 7) is 12.3. The second-order valence-electron chi connectivity index (χ2n) is 24.6. The van der Waals surface area contributed by atoms with Gasteiger partial charge in [-0.1, -0.05) is 79.4 Å². The summed E-state index contributed by atoms with van der Waals surface area (Å²) in [7, 11) is -8.81. The summed E-state index contributed by atoms with van der Waals surface area (Å²) in [5.74, 6) is 0. The molecule has 0 fully saturated rings. The summed E-state index contributed by atoms with van der Waals surface area (Å²) in [5, 5.41) is 23.8. The quantitative estimate of drug-likeness (QED) is 0.0369. The number of thiophene rings is 3. The molecule has 0 spiro atoms. The minimum absolute atomic E-state index is 0.0819. The molecular weight excluding hydrogens is 1500 g/mol. The van der Waals surface area contributed by atoms with Crippen LogP contribution in [-0.4, -0.2) is 85.6 Å². The van der Waals surface area contributed by atoms with E-state index in [2.05, 4.69) is 21.9 Å². The number of benzene rings is 6. The Morgan fingerprint density at radius 1 is 0.433 bits per heavy atom. The fourth-order valence-electron chi connectivity index (χ4n) is 10.4. The maximum Gasteiger partial charge on any atom is 0.418 e. The summed E-state index contributed by atoms with van der Waals surface area (Å²) in [6.07, 6.45) is -10.3. The summed E-state index contributed by atoms with van der Waals surface area (Å²) in [6, 6.07) is 50.9. The molecule has 12 rings (SSSR count). The zero-order chi connectivity index (χ0) is 75.9. The molecule has 6 aromatic heterocycles. The standard InChI is InChI=1S/C25H23F3N2O4S3.C24H21F3N2O3S2.C24H19F3N2O2S2/c1-24(2,36-34-33-3)23-15-20(30(29-23)19-11-6-5-10-18(19)25(26,27)28)22-13-12-21(35-22)16-8-7-9-17(14-16)37(4,31)32;1-23(2,30)22-14-19(29(28-22)18-10-5-4-9-17(18)24(25,26)27)21-12-11-20(33-21)15-7-6-8-16(13-15)34(3,31)32;1-15(2)19-14-21(29(28-19)20-10-5-4-9-18(20)24(25,26)27)23-12-11-22(32-23)16-7-6-8-17(13-16)33(3,30)31/h5-15H,1-4H3;4-14,30H,1-3H3;4-14H,1H2,2-3H3. The molecule has 0 aliphatic rings. The average molecular weight is 1560 g/mol. The number of allylic oxidation sites excluding steroid dienone is 1. The lowest BCUT2D eigenvalue weighted by atomic mass is 10.1. The number of nitrogens with zero attached hydrogens (tertiary/aromatic N) is 6. The smallest absolute Gasteiger partial charge is 0.384 e. The Morgan fingerprint density at radius 2 is 0.740 bits per heavy atom. The number of sulfone groups is 3. The molecule has 0 atom stereocenters. The van der Waals surface area contributed by atoms with Gasteiger partial charge in [0.05, 0.1) is 109 Å². The zero-order valence-corrected chi connectivity index (χ0v) is 62.1. The molecule has 1 N–H and O–H groups in total. The summed E-state index contributed by atoms with van der Waals surface area (Å²) in [4.78, 5) is 9.48. The van der Waals surface area contributed by atoms with E-state index in [0.29, 0.717) is 65.4 Å². The molecule has 104 heavy (non-hydrogen) atoms. The van der Waals surface area contributed by atoms with Gasteiger partial charge in [-0.15, -0.1) is 34.0 Å². The number of rotatable bonds is 18. The Balaban J connectivity index is 0.000000168. The van der Waals surface area contributed by atoms with Crippen LogP contribution in [0.5, 0.6) is 0 Å². The molecule has 12 aromatic rings. The Labute approximate surface area is 610 Å². The van der Waals surface area contributed by atoms with Crippen molar-refractivity contribution in [3.05, 3.63) is 241 Å². The van der Waals surface area contributed by atoms with Crippen LogP contribution >= 0.6 is 46.1 Å². The van der Waals surface area contributed by atoms with Crippen molar-refractivity contribution in [3.63, 3.8) is 0 Å². The topological polar surface area (TPSA) is 195 Å². The predicted molar refractivity (Wildman–Crippen MR) is 390 cm³/mol. The Hall–Kier alpha value is -8.76. The van der Waals surface area contributed by atoms with Crippen LogP contribution in [0.1, 0.15) is 68.4 Å². The van der Waals surface area contributed by atoms with Crippen molar-refractivity contribution in [2.24, 2.45) is 0 Å². The van der Waals surface area contributed by atoms with E-state index in [4.69, 9.17) is 9.22 Å². The molecule has 544 valence electrons. The highest BCUT2D eigenvalue weighted by molar-refractivity contribution is 7.95. The lowest BCUT2D eigenvalue weighted by Gasteiger charge is -2.19. The molecule has 0 amide bonds. The molecule has 0 saturated carbocycles. The SMILES string of the molecule is C=C(C)c1cc(-c2ccc(-c3cccc(S(C)(=O)=O)c3)s2)n(-c2ccccc2C(F)(F)F)n1.CC(C)(O)c1cc(-c2ccc(-c3cccc(S(C)(=O)=O)c3)s2)n(-c2ccccc2C(F)(F)F)n1.COOSC(C)(C)c1cc(-c2ccc(-c3cccc(S(C)(=O)=O)c3)s2)n(-c2ccccc2C(F)(F)F)n1. The molecule has 0 aliphatic carbocycles. The first-order valence-electron chi connectivity index (χ1n) is 30.8. The monoisotopic (exact) mass is 1560 g/mol. The van der Waals surface area contributed by atoms with E-state index in [1.807, 2.05) is 26.0 Å². The Morgan fingerprint density at radius 3 is 1.06 bits per heavy atom. The van der Waals surface area contributed by atoms with Gasteiger partial charge in [-0.3, -0.25) is 0 Å². The van der Waals surface area contributed by atoms with Gasteiger partial charge in [0.2, 0.25) is 0 Å². The third kappa shape index (κ3) is 17.9. The molecule has 0 radical (unpaired) electrons. The molecule has 0 unspecified atom stereocenters. The number of aromatic nitrogens is 6. The molecule has 6 aromatic carbocycles. The first kappa shape index (κ1) is 77.8. The highest BCUT2D eigenvalue weighted by Gasteiger charge is 2.39. The lowest BCUT2D eigenvalue weighted by molar-refractivity contribution is -0.161. The van der Waals surface area contributed by atoms with Gasteiger partial charge in [0, 0.05) is 45.4 Å². The van der Waals surface area contributed by atoms with E-state index in [1.165, 1.54) is 142 Å². The van der Waals surface area contributed by atoms with Gasteiger partial charge < -0.3 is 5.11 Å². The van der Waals surface area contributed by atoms with Crippen LogP contribution < -0.4 is 0 Å².